The number of hydrogen-bond acceptors (Lipinski definition) is 7. The number of aromatic hydroxyl groups is 1. The topological polar surface area (TPSA) is 149 Å². The molecule has 0 radical (unpaired) electrons. The summed E-state index contributed by atoms with van der Waals surface area (Å²) >= 11 is 0. The van der Waals surface area contributed by atoms with E-state index in [2.05, 4.69) is 0 Å². The van der Waals surface area contributed by atoms with Crippen LogP contribution in [-0.2, 0) is 4.74 Å². The van der Waals surface area contributed by atoms with Crippen molar-refractivity contribution in [1.82, 2.24) is 4.57 Å². The number of carboxylic acid groups (broad SMARTS) is 1. The highest BCUT2D eigenvalue weighted by Crippen LogP contribution is 2.29. The largest absolute Gasteiger partial charge is 0.508 e. The van der Waals surface area contributed by atoms with Crippen molar-refractivity contribution in [3.8, 4) is 5.75 Å². The predicted molar refractivity (Wildman–Crippen MR) is 62.3 cm³/mol. The van der Waals surface area contributed by atoms with Crippen LogP contribution in [0, 0.1) is 0 Å². The Kier molecular flexibility index (Phi) is 3.77. The van der Waals surface area contributed by atoms with Gasteiger partial charge in [-0.25, -0.2) is 4.79 Å². The highest BCUT2D eigenvalue weighted by atomic mass is 16.6. The molecule has 4 atom stereocenters. The van der Waals surface area contributed by atoms with Gasteiger partial charge >= 0.3 is 5.97 Å². The molecular weight excluding hydrogens is 274 g/mol. The number of pyridine rings is 1. The maximum atomic E-state index is 11.8. The fourth-order valence-electron chi connectivity index (χ4n) is 2.09. The molecule has 2 rings (SSSR count). The molecule has 1 fully saturated rings. The third-order valence-electron chi connectivity index (χ3n) is 3.04. The van der Waals surface area contributed by atoms with E-state index in [4.69, 9.17) is 14.9 Å². The molecule has 9 nitrogen and oxygen atoms in total. The molecule has 5 N–H and O–H groups in total. The molecule has 0 spiro atoms. The molecule has 1 aliphatic rings. The summed E-state index contributed by atoms with van der Waals surface area (Å²) in [4.78, 5) is 22.9. The van der Waals surface area contributed by atoms with Crippen molar-refractivity contribution in [2.24, 2.45) is 0 Å². The Bertz CT molecular complexity index is 582. The molecule has 1 saturated heterocycles. The van der Waals surface area contributed by atoms with Crippen LogP contribution in [0.2, 0.25) is 0 Å². The smallest absolute Gasteiger partial charge is 0.352 e. The van der Waals surface area contributed by atoms with Crippen molar-refractivity contribution in [2.45, 2.75) is 24.5 Å². The Labute approximate surface area is 111 Å². The number of carboxylic acids is 1. The Balaban J connectivity index is 2.53. The van der Waals surface area contributed by atoms with Gasteiger partial charge in [0.05, 0.1) is 6.61 Å². The average molecular weight is 287 g/mol. The van der Waals surface area contributed by atoms with Gasteiger partial charge in [0.2, 0.25) is 0 Å². The minimum absolute atomic E-state index is 0.546. The molecule has 1 aromatic heterocycles. The lowest BCUT2D eigenvalue weighted by molar-refractivity contribution is -0.0556. The first-order chi connectivity index (χ1) is 9.36. The zero-order valence-electron chi connectivity index (χ0n) is 10.1. The van der Waals surface area contributed by atoms with Crippen molar-refractivity contribution in [2.75, 3.05) is 6.61 Å². The lowest BCUT2D eigenvalue weighted by Gasteiger charge is -2.19. The normalized spacial score (nSPS) is 29.6. The number of nitrogens with zero attached hydrogens (tertiary/aromatic N) is 1. The molecule has 0 bridgehead atoms. The Morgan fingerprint density at radius 1 is 1.30 bits per heavy atom. The molecule has 110 valence electrons. The molecule has 1 aromatic rings. The third-order valence-corrected chi connectivity index (χ3v) is 3.04. The first-order valence-corrected chi connectivity index (χ1v) is 5.68. The lowest BCUT2D eigenvalue weighted by Crippen LogP contribution is -2.37. The Morgan fingerprint density at radius 2 is 1.95 bits per heavy atom. The van der Waals surface area contributed by atoms with E-state index in [0.717, 1.165) is 12.1 Å². The number of hydrogen-bond donors (Lipinski definition) is 5. The standard InChI is InChI=1S/C11H13NO8/c13-3-6-8(16)9(17)10(20-6)12-5(11(18)19)1-4(14)2-7(12)15/h1-2,6,8-10,13-14,16-17H,3H2,(H,18,19)/t6-,8-,9-,10-/m1/s1. The monoisotopic (exact) mass is 287 g/mol. The Hall–Kier alpha value is -1.94. The molecule has 2 heterocycles. The van der Waals surface area contributed by atoms with E-state index in [1.54, 1.807) is 0 Å². The summed E-state index contributed by atoms with van der Waals surface area (Å²) in [5.74, 6) is -2.06. The summed E-state index contributed by atoms with van der Waals surface area (Å²) in [7, 11) is 0. The van der Waals surface area contributed by atoms with Crippen LogP contribution in [0.3, 0.4) is 0 Å². The van der Waals surface area contributed by atoms with Crippen molar-refractivity contribution in [1.29, 1.82) is 0 Å². The number of aromatic nitrogens is 1. The van der Waals surface area contributed by atoms with Gasteiger partial charge in [-0.3, -0.25) is 9.36 Å². The van der Waals surface area contributed by atoms with Gasteiger partial charge in [-0.15, -0.1) is 0 Å². The first kappa shape index (κ1) is 14.5. The SMILES string of the molecule is O=C(O)c1cc(O)cc(=O)n1[C@@H]1O[C@H](CO)[C@@H](O)[C@H]1O. The van der Waals surface area contributed by atoms with Gasteiger partial charge in [-0.2, -0.15) is 0 Å². The zero-order chi connectivity index (χ0) is 15.0. The molecule has 0 saturated carbocycles. The van der Waals surface area contributed by atoms with Crippen LogP contribution < -0.4 is 5.56 Å². The van der Waals surface area contributed by atoms with Gasteiger partial charge in [0.1, 0.15) is 29.8 Å². The van der Waals surface area contributed by atoms with E-state index >= 15 is 0 Å². The molecule has 0 amide bonds. The molecule has 0 aromatic carbocycles. The van der Waals surface area contributed by atoms with Gasteiger partial charge in [-0.05, 0) is 0 Å². The number of aliphatic hydroxyl groups is 3. The van der Waals surface area contributed by atoms with Crippen LogP contribution in [0.25, 0.3) is 0 Å². The minimum Gasteiger partial charge on any atom is -0.508 e. The molecule has 9 heteroatoms. The van der Waals surface area contributed by atoms with Gasteiger partial charge in [0, 0.05) is 12.1 Å². The highest BCUT2D eigenvalue weighted by molar-refractivity contribution is 5.86. The second kappa shape index (κ2) is 5.21. The van der Waals surface area contributed by atoms with Crippen molar-refractivity contribution < 1.29 is 35.1 Å². The van der Waals surface area contributed by atoms with E-state index in [-0.39, 0.29) is 0 Å². The number of rotatable bonds is 3. The molecule has 0 aliphatic carbocycles. The number of aromatic carboxylic acids is 1. The molecular formula is C11H13NO8. The van der Waals surface area contributed by atoms with Gasteiger partial charge < -0.3 is 30.3 Å². The lowest BCUT2D eigenvalue weighted by atomic mass is 10.1. The highest BCUT2D eigenvalue weighted by Gasteiger charge is 2.44. The van der Waals surface area contributed by atoms with Crippen molar-refractivity contribution >= 4 is 5.97 Å². The second-order valence-electron chi connectivity index (χ2n) is 4.34. The zero-order valence-corrected chi connectivity index (χ0v) is 10.1. The third kappa shape index (κ3) is 2.27. The van der Waals surface area contributed by atoms with Crippen LogP contribution in [0.15, 0.2) is 16.9 Å². The van der Waals surface area contributed by atoms with Crippen LogP contribution in [0.4, 0.5) is 0 Å². The van der Waals surface area contributed by atoms with Crippen LogP contribution in [0.5, 0.6) is 5.75 Å². The van der Waals surface area contributed by atoms with Crippen molar-refractivity contribution in [3.05, 3.63) is 28.2 Å². The molecule has 0 unspecified atom stereocenters. The predicted octanol–water partition coefficient (Wildman–Crippen LogP) is -2.14. The fourth-order valence-corrected chi connectivity index (χ4v) is 2.09. The van der Waals surface area contributed by atoms with Crippen LogP contribution in [-0.4, -0.2) is 61.0 Å². The summed E-state index contributed by atoms with van der Waals surface area (Å²) in [5, 5.41) is 46.7. The van der Waals surface area contributed by atoms with E-state index in [0.29, 0.717) is 4.57 Å². The minimum atomic E-state index is -1.59. The summed E-state index contributed by atoms with van der Waals surface area (Å²) < 4.78 is 5.70. The number of carbonyl (C=O) groups is 1. The average Bonchev–Trinajstić information content (AvgIpc) is 2.65. The molecule has 20 heavy (non-hydrogen) atoms. The first-order valence-electron chi connectivity index (χ1n) is 5.68. The van der Waals surface area contributed by atoms with Gasteiger partial charge in [0.15, 0.2) is 6.23 Å². The molecule has 1 aliphatic heterocycles. The fraction of sp³-hybridized carbons (Fsp3) is 0.455. The van der Waals surface area contributed by atoms with Crippen molar-refractivity contribution in [3.63, 3.8) is 0 Å². The van der Waals surface area contributed by atoms with Crippen LogP contribution in [0.1, 0.15) is 16.7 Å². The van der Waals surface area contributed by atoms with Gasteiger partial charge in [-0.1, -0.05) is 0 Å². The maximum Gasteiger partial charge on any atom is 0.352 e. The number of aliphatic hydroxyl groups excluding tert-OH is 3. The second-order valence-corrected chi connectivity index (χ2v) is 4.34. The quantitative estimate of drug-likeness (QED) is 0.423. The maximum absolute atomic E-state index is 11.8. The van der Waals surface area contributed by atoms with Crippen LogP contribution >= 0.6 is 0 Å². The van der Waals surface area contributed by atoms with E-state index in [9.17, 15) is 24.9 Å². The van der Waals surface area contributed by atoms with E-state index in [1.807, 2.05) is 0 Å². The summed E-state index contributed by atoms with van der Waals surface area (Å²) in [6.45, 7) is -0.607. The number of ether oxygens (including phenoxy) is 1. The summed E-state index contributed by atoms with van der Waals surface area (Å²) in [6.07, 6.45) is -5.67. The van der Waals surface area contributed by atoms with E-state index in [1.165, 1.54) is 0 Å². The van der Waals surface area contributed by atoms with E-state index < -0.39 is 54.1 Å². The van der Waals surface area contributed by atoms with Gasteiger partial charge in [0.25, 0.3) is 5.56 Å². The summed E-state index contributed by atoms with van der Waals surface area (Å²) in [5.41, 5.74) is -1.53. The Morgan fingerprint density at radius 3 is 2.45 bits per heavy atom. The summed E-state index contributed by atoms with van der Waals surface area (Å²) in [6, 6.07) is 1.57.